The van der Waals surface area contributed by atoms with Crippen LogP contribution in [0.3, 0.4) is 0 Å². The second-order valence-electron chi connectivity index (χ2n) is 6.39. The van der Waals surface area contributed by atoms with Crippen LogP contribution in [-0.4, -0.2) is 11.8 Å². The monoisotopic (exact) mass is 407 g/mol. The maximum Gasteiger partial charge on any atom is 0.272 e. The molecule has 0 radical (unpaired) electrons. The number of hydrogen-bond donors (Lipinski definition) is 0. The van der Waals surface area contributed by atoms with Gasteiger partial charge in [-0.25, -0.2) is 13.7 Å². The Balaban J connectivity index is 1.74. The van der Waals surface area contributed by atoms with Crippen LogP contribution in [0.25, 0.3) is 5.57 Å². The van der Waals surface area contributed by atoms with Crippen molar-refractivity contribution in [3.8, 4) is 0 Å². The van der Waals surface area contributed by atoms with E-state index in [2.05, 4.69) is 0 Å². The molecule has 1 aliphatic heterocycles. The highest BCUT2D eigenvalue weighted by molar-refractivity contribution is 8.03. The minimum atomic E-state index is -1.12. The Morgan fingerprint density at radius 3 is 2.07 bits per heavy atom. The predicted molar refractivity (Wildman–Crippen MR) is 110 cm³/mol. The molecule has 1 aliphatic rings. The fraction of sp³-hybridized carbons (Fsp3) is 0.0435. The maximum absolute atomic E-state index is 13.7. The maximum atomic E-state index is 13.7. The molecule has 0 N–H and O–H groups in total. The van der Waals surface area contributed by atoms with Gasteiger partial charge in [0.25, 0.3) is 11.8 Å². The summed E-state index contributed by atoms with van der Waals surface area (Å²) in [5.74, 6) is -2.75. The van der Waals surface area contributed by atoms with E-state index in [1.54, 1.807) is 24.3 Å². The molecule has 0 saturated carbocycles. The van der Waals surface area contributed by atoms with Crippen molar-refractivity contribution in [3.63, 3.8) is 0 Å². The van der Waals surface area contributed by atoms with Crippen LogP contribution in [0.5, 0.6) is 0 Å². The number of carbonyl (C=O) groups is 2. The number of rotatable bonds is 5. The third-order valence-electron chi connectivity index (χ3n) is 4.49. The molecule has 0 aliphatic carbocycles. The van der Waals surface area contributed by atoms with Crippen molar-refractivity contribution < 1.29 is 18.4 Å². The number of benzene rings is 3. The molecular formula is C23H15F2NO2S. The Bertz CT molecular complexity index is 1110. The van der Waals surface area contributed by atoms with Gasteiger partial charge in [-0.2, -0.15) is 0 Å². The molecule has 3 aromatic carbocycles. The summed E-state index contributed by atoms with van der Waals surface area (Å²) in [6, 6.07) is 21.4. The van der Waals surface area contributed by atoms with Gasteiger partial charge in [0.1, 0.15) is 0 Å². The SMILES string of the molecule is O=C1C(SCc2ccccc2)=C(c2ccccc2)C(=O)N1c1ccc(F)c(F)c1. The second kappa shape index (κ2) is 8.01. The number of imide groups is 1. The number of thioether (sulfide) groups is 1. The molecule has 4 rings (SSSR count). The summed E-state index contributed by atoms with van der Waals surface area (Å²) in [6.45, 7) is 0. The minimum absolute atomic E-state index is 0.00245. The molecule has 3 aromatic rings. The van der Waals surface area contributed by atoms with Crippen molar-refractivity contribution in [2.24, 2.45) is 0 Å². The molecule has 3 nitrogen and oxygen atoms in total. The number of halogens is 2. The third kappa shape index (κ3) is 3.71. The van der Waals surface area contributed by atoms with Crippen molar-refractivity contribution in [1.29, 1.82) is 0 Å². The van der Waals surface area contributed by atoms with E-state index in [4.69, 9.17) is 0 Å². The van der Waals surface area contributed by atoms with Gasteiger partial charge in [0, 0.05) is 11.8 Å². The molecule has 1 heterocycles. The van der Waals surface area contributed by atoms with Crippen LogP contribution in [0.2, 0.25) is 0 Å². The van der Waals surface area contributed by atoms with Crippen LogP contribution >= 0.6 is 11.8 Å². The summed E-state index contributed by atoms with van der Waals surface area (Å²) in [5.41, 5.74) is 1.87. The fourth-order valence-electron chi connectivity index (χ4n) is 3.09. The topological polar surface area (TPSA) is 37.4 Å². The third-order valence-corrected chi connectivity index (χ3v) is 5.64. The lowest BCUT2D eigenvalue weighted by Gasteiger charge is -2.15. The van der Waals surface area contributed by atoms with Crippen molar-refractivity contribution >= 4 is 34.8 Å². The normalized spacial score (nSPS) is 14.1. The molecule has 0 unspecified atom stereocenters. The first-order chi connectivity index (χ1) is 14.1. The number of anilines is 1. The fourth-order valence-corrected chi connectivity index (χ4v) is 4.16. The van der Waals surface area contributed by atoms with Crippen LogP contribution in [0.15, 0.2) is 83.8 Å². The summed E-state index contributed by atoms with van der Waals surface area (Å²) in [7, 11) is 0. The van der Waals surface area contributed by atoms with E-state index in [0.717, 1.165) is 22.6 Å². The first-order valence-corrected chi connectivity index (χ1v) is 9.85. The summed E-state index contributed by atoms with van der Waals surface area (Å²) in [5, 5.41) is 0. The Morgan fingerprint density at radius 1 is 0.759 bits per heavy atom. The van der Waals surface area contributed by atoms with Gasteiger partial charge in [-0.3, -0.25) is 9.59 Å². The lowest BCUT2D eigenvalue weighted by Crippen LogP contribution is -2.31. The summed E-state index contributed by atoms with van der Waals surface area (Å²) in [6.07, 6.45) is 0. The molecular weight excluding hydrogens is 392 g/mol. The largest absolute Gasteiger partial charge is 0.272 e. The van der Waals surface area contributed by atoms with Gasteiger partial charge in [-0.15, -0.1) is 11.8 Å². The molecule has 144 valence electrons. The molecule has 0 bridgehead atoms. The van der Waals surface area contributed by atoms with Crippen molar-refractivity contribution in [1.82, 2.24) is 0 Å². The van der Waals surface area contributed by atoms with E-state index in [0.29, 0.717) is 11.3 Å². The van der Waals surface area contributed by atoms with Gasteiger partial charge < -0.3 is 0 Å². The quantitative estimate of drug-likeness (QED) is 0.547. The van der Waals surface area contributed by atoms with Crippen LogP contribution in [0, 0.1) is 11.6 Å². The van der Waals surface area contributed by atoms with Gasteiger partial charge in [-0.1, -0.05) is 60.7 Å². The molecule has 2 amide bonds. The second-order valence-corrected chi connectivity index (χ2v) is 7.37. The van der Waals surface area contributed by atoms with E-state index in [1.165, 1.54) is 17.8 Å². The smallest absolute Gasteiger partial charge is 0.268 e. The van der Waals surface area contributed by atoms with Crippen molar-refractivity contribution in [2.45, 2.75) is 5.75 Å². The van der Waals surface area contributed by atoms with Crippen LogP contribution < -0.4 is 4.90 Å². The average molecular weight is 407 g/mol. The number of hydrogen-bond acceptors (Lipinski definition) is 3. The molecule has 29 heavy (non-hydrogen) atoms. The lowest BCUT2D eigenvalue weighted by atomic mass is 10.1. The predicted octanol–water partition coefficient (Wildman–Crippen LogP) is 5.18. The zero-order chi connectivity index (χ0) is 20.4. The van der Waals surface area contributed by atoms with E-state index < -0.39 is 23.4 Å². The highest BCUT2D eigenvalue weighted by atomic mass is 32.2. The first-order valence-electron chi connectivity index (χ1n) is 8.86. The molecule has 6 heteroatoms. The lowest BCUT2D eigenvalue weighted by molar-refractivity contribution is -0.119. The number of carbonyl (C=O) groups excluding carboxylic acids is 2. The molecule has 0 spiro atoms. The molecule has 0 aromatic heterocycles. The van der Waals surface area contributed by atoms with Crippen molar-refractivity contribution in [2.75, 3.05) is 4.90 Å². The summed E-state index contributed by atoms with van der Waals surface area (Å²) in [4.78, 5) is 27.5. The summed E-state index contributed by atoms with van der Waals surface area (Å²) >= 11 is 1.26. The zero-order valence-electron chi connectivity index (χ0n) is 15.1. The molecule has 0 atom stereocenters. The Hall–Kier alpha value is -3.25. The van der Waals surface area contributed by atoms with Crippen LogP contribution in [0.1, 0.15) is 11.1 Å². The van der Waals surface area contributed by atoms with E-state index >= 15 is 0 Å². The highest BCUT2D eigenvalue weighted by Gasteiger charge is 2.40. The average Bonchev–Trinajstić information content (AvgIpc) is 2.99. The number of amides is 2. The van der Waals surface area contributed by atoms with Crippen molar-refractivity contribution in [3.05, 3.63) is 107 Å². The van der Waals surface area contributed by atoms with Gasteiger partial charge >= 0.3 is 0 Å². The van der Waals surface area contributed by atoms with E-state index in [1.807, 2.05) is 36.4 Å². The Kier molecular flexibility index (Phi) is 5.27. The first kappa shape index (κ1) is 19.1. The minimum Gasteiger partial charge on any atom is -0.268 e. The van der Waals surface area contributed by atoms with E-state index in [9.17, 15) is 18.4 Å². The van der Waals surface area contributed by atoms with Gasteiger partial charge in [0.2, 0.25) is 0 Å². The van der Waals surface area contributed by atoms with Crippen LogP contribution in [-0.2, 0) is 15.3 Å². The Morgan fingerprint density at radius 2 is 1.41 bits per heavy atom. The van der Waals surface area contributed by atoms with Gasteiger partial charge in [-0.05, 0) is 23.3 Å². The van der Waals surface area contributed by atoms with E-state index in [-0.39, 0.29) is 16.2 Å². The standard InChI is InChI=1S/C23H15F2NO2S/c24-18-12-11-17(13-19(18)25)26-22(27)20(16-9-5-2-6-10-16)21(23(26)28)29-14-15-7-3-1-4-8-15/h1-13H,14H2. The Labute approximate surface area is 170 Å². The number of nitrogens with zero attached hydrogens (tertiary/aromatic N) is 1. The molecule has 0 saturated heterocycles. The van der Waals surface area contributed by atoms with Crippen LogP contribution in [0.4, 0.5) is 14.5 Å². The molecule has 0 fully saturated rings. The highest BCUT2D eigenvalue weighted by Crippen LogP contribution is 2.39. The zero-order valence-corrected chi connectivity index (χ0v) is 16.0. The van der Waals surface area contributed by atoms with Gasteiger partial charge in [0.05, 0.1) is 16.2 Å². The summed E-state index contributed by atoms with van der Waals surface area (Å²) < 4.78 is 27.1. The van der Waals surface area contributed by atoms with Gasteiger partial charge in [0.15, 0.2) is 11.6 Å².